The molecule has 0 radical (unpaired) electrons. The molecule has 0 atom stereocenters. The van der Waals surface area contributed by atoms with Gasteiger partial charge in [0, 0.05) is 12.0 Å². The standard InChI is InChI=1S/C13H19NO/c1-13(2,3)12(15)14-10-9-11-7-5-4-6-8-11/h4-8H,9-10H2,1-3H3,(H,14,15). The summed E-state index contributed by atoms with van der Waals surface area (Å²) < 4.78 is 0. The van der Waals surface area contributed by atoms with Gasteiger partial charge in [0.15, 0.2) is 0 Å². The fourth-order valence-corrected chi connectivity index (χ4v) is 1.23. The van der Waals surface area contributed by atoms with E-state index in [2.05, 4.69) is 17.4 Å². The maximum Gasteiger partial charge on any atom is 0.225 e. The van der Waals surface area contributed by atoms with Gasteiger partial charge in [-0.2, -0.15) is 0 Å². The Morgan fingerprint density at radius 3 is 2.33 bits per heavy atom. The molecule has 0 bridgehead atoms. The van der Waals surface area contributed by atoms with Gasteiger partial charge in [-0.25, -0.2) is 0 Å². The molecule has 0 heterocycles. The van der Waals surface area contributed by atoms with Crippen molar-refractivity contribution >= 4 is 5.91 Å². The number of carbonyl (C=O) groups excluding carboxylic acids is 1. The van der Waals surface area contributed by atoms with Crippen molar-refractivity contribution in [2.75, 3.05) is 6.54 Å². The molecule has 1 N–H and O–H groups in total. The topological polar surface area (TPSA) is 29.1 Å². The van der Waals surface area contributed by atoms with Crippen LogP contribution in [-0.2, 0) is 11.2 Å². The quantitative estimate of drug-likeness (QED) is 0.806. The Balaban J connectivity index is 2.32. The molecule has 82 valence electrons. The van der Waals surface area contributed by atoms with Gasteiger partial charge in [0.1, 0.15) is 0 Å². The maximum absolute atomic E-state index is 11.5. The second kappa shape index (κ2) is 4.96. The highest BCUT2D eigenvalue weighted by Crippen LogP contribution is 2.12. The van der Waals surface area contributed by atoms with E-state index in [1.165, 1.54) is 5.56 Å². The van der Waals surface area contributed by atoms with Gasteiger partial charge in [-0.05, 0) is 12.0 Å². The molecule has 0 aliphatic carbocycles. The minimum Gasteiger partial charge on any atom is -0.355 e. The molecule has 2 nitrogen and oxygen atoms in total. The Morgan fingerprint density at radius 2 is 1.80 bits per heavy atom. The first-order valence-electron chi connectivity index (χ1n) is 5.32. The number of rotatable bonds is 3. The van der Waals surface area contributed by atoms with Crippen molar-refractivity contribution in [2.45, 2.75) is 27.2 Å². The summed E-state index contributed by atoms with van der Waals surface area (Å²) in [5, 5.41) is 2.93. The highest BCUT2D eigenvalue weighted by Gasteiger charge is 2.20. The third-order valence-corrected chi connectivity index (χ3v) is 2.22. The molecule has 1 rings (SSSR count). The van der Waals surface area contributed by atoms with E-state index in [1.807, 2.05) is 39.0 Å². The molecular weight excluding hydrogens is 186 g/mol. The molecule has 0 saturated carbocycles. The van der Waals surface area contributed by atoms with Gasteiger partial charge in [-0.3, -0.25) is 4.79 Å². The van der Waals surface area contributed by atoms with Crippen molar-refractivity contribution < 1.29 is 4.79 Å². The zero-order chi connectivity index (χ0) is 11.3. The van der Waals surface area contributed by atoms with E-state index in [9.17, 15) is 4.79 Å². The smallest absolute Gasteiger partial charge is 0.225 e. The Morgan fingerprint density at radius 1 is 1.20 bits per heavy atom. The average molecular weight is 205 g/mol. The van der Waals surface area contributed by atoms with Crippen LogP contribution in [0, 0.1) is 5.41 Å². The Kier molecular flexibility index (Phi) is 3.89. The summed E-state index contributed by atoms with van der Waals surface area (Å²) in [5.74, 6) is 0.110. The zero-order valence-electron chi connectivity index (χ0n) is 9.71. The highest BCUT2D eigenvalue weighted by atomic mass is 16.2. The predicted octanol–water partition coefficient (Wildman–Crippen LogP) is 2.39. The van der Waals surface area contributed by atoms with Gasteiger partial charge in [-0.15, -0.1) is 0 Å². The van der Waals surface area contributed by atoms with Crippen LogP contribution in [0.1, 0.15) is 26.3 Å². The largest absolute Gasteiger partial charge is 0.355 e. The van der Waals surface area contributed by atoms with E-state index in [-0.39, 0.29) is 11.3 Å². The summed E-state index contributed by atoms with van der Waals surface area (Å²) >= 11 is 0. The van der Waals surface area contributed by atoms with E-state index >= 15 is 0 Å². The third-order valence-electron chi connectivity index (χ3n) is 2.22. The van der Waals surface area contributed by atoms with Crippen molar-refractivity contribution in [1.29, 1.82) is 0 Å². The number of hydrogen-bond donors (Lipinski definition) is 1. The van der Waals surface area contributed by atoms with Crippen LogP contribution < -0.4 is 5.32 Å². The number of carbonyl (C=O) groups is 1. The first-order valence-corrected chi connectivity index (χ1v) is 5.32. The third kappa shape index (κ3) is 4.15. The van der Waals surface area contributed by atoms with Crippen LogP contribution in [0.4, 0.5) is 0 Å². The fraction of sp³-hybridized carbons (Fsp3) is 0.462. The number of nitrogens with one attached hydrogen (secondary N) is 1. The summed E-state index contributed by atoms with van der Waals surface area (Å²) in [4.78, 5) is 11.5. The zero-order valence-corrected chi connectivity index (χ0v) is 9.71. The lowest BCUT2D eigenvalue weighted by atomic mass is 9.95. The lowest BCUT2D eigenvalue weighted by molar-refractivity contribution is -0.128. The summed E-state index contributed by atoms with van der Waals surface area (Å²) in [6.07, 6.45) is 0.892. The van der Waals surface area contributed by atoms with Gasteiger partial charge < -0.3 is 5.32 Å². The first kappa shape index (κ1) is 11.8. The summed E-state index contributed by atoms with van der Waals surface area (Å²) in [7, 11) is 0. The number of benzene rings is 1. The van der Waals surface area contributed by atoms with Gasteiger partial charge >= 0.3 is 0 Å². The highest BCUT2D eigenvalue weighted by molar-refractivity contribution is 5.81. The van der Waals surface area contributed by atoms with Gasteiger partial charge in [0.25, 0.3) is 0 Å². The Bertz CT molecular complexity index is 311. The number of amides is 1. The summed E-state index contributed by atoms with van der Waals surface area (Å²) in [6.45, 7) is 6.47. The van der Waals surface area contributed by atoms with Gasteiger partial charge in [-0.1, -0.05) is 51.1 Å². The molecule has 15 heavy (non-hydrogen) atoms. The Labute approximate surface area is 91.7 Å². The van der Waals surface area contributed by atoms with Crippen molar-refractivity contribution in [3.05, 3.63) is 35.9 Å². The summed E-state index contributed by atoms with van der Waals surface area (Å²) in [5.41, 5.74) is 0.961. The van der Waals surface area contributed by atoms with Crippen molar-refractivity contribution in [1.82, 2.24) is 5.32 Å². The SMILES string of the molecule is CC(C)(C)C(=O)NCCc1ccccc1. The van der Waals surface area contributed by atoms with Gasteiger partial charge in [0.2, 0.25) is 5.91 Å². The predicted molar refractivity (Wildman–Crippen MR) is 62.6 cm³/mol. The molecule has 0 spiro atoms. The molecule has 0 saturated heterocycles. The monoisotopic (exact) mass is 205 g/mol. The molecule has 0 unspecified atom stereocenters. The molecule has 1 aromatic rings. The fourth-order valence-electron chi connectivity index (χ4n) is 1.23. The van der Waals surface area contributed by atoms with Crippen LogP contribution >= 0.6 is 0 Å². The van der Waals surface area contributed by atoms with E-state index in [4.69, 9.17) is 0 Å². The van der Waals surface area contributed by atoms with Crippen LogP contribution in [-0.4, -0.2) is 12.5 Å². The van der Waals surface area contributed by atoms with E-state index in [1.54, 1.807) is 0 Å². The second-order valence-corrected chi connectivity index (χ2v) is 4.74. The van der Waals surface area contributed by atoms with Crippen LogP contribution in [0.2, 0.25) is 0 Å². The second-order valence-electron chi connectivity index (χ2n) is 4.74. The lowest BCUT2D eigenvalue weighted by Crippen LogP contribution is -2.35. The number of hydrogen-bond acceptors (Lipinski definition) is 1. The molecule has 0 aromatic heterocycles. The molecule has 2 heteroatoms. The van der Waals surface area contributed by atoms with Crippen molar-refractivity contribution in [3.8, 4) is 0 Å². The maximum atomic E-state index is 11.5. The van der Waals surface area contributed by atoms with Crippen molar-refractivity contribution in [2.24, 2.45) is 5.41 Å². The van der Waals surface area contributed by atoms with Crippen LogP contribution in [0.3, 0.4) is 0 Å². The first-order chi connectivity index (χ1) is 7.00. The van der Waals surface area contributed by atoms with Crippen LogP contribution in [0.5, 0.6) is 0 Å². The van der Waals surface area contributed by atoms with E-state index in [0.717, 1.165) is 6.42 Å². The molecular formula is C13H19NO. The van der Waals surface area contributed by atoms with Crippen LogP contribution in [0.25, 0.3) is 0 Å². The lowest BCUT2D eigenvalue weighted by Gasteiger charge is -2.17. The molecule has 1 amide bonds. The summed E-state index contributed by atoms with van der Waals surface area (Å²) in [6, 6.07) is 10.2. The normalized spacial score (nSPS) is 11.1. The minimum atomic E-state index is -0.295. The molecule has 0 aliphatic rings. The molecule has 0 fully saturated rings. The average Bonchev–Trinajstić information content (AvgIpc) is 2.18. The minimum absolute atomic E-state index is 0.110. The van der Waals surface area contributed by atoms with Crippen LogP contribution in [0.15, 0.2) is 30.3 Å². The molecule has 0 aliphatic heterocycles. The van der Waals surface area contributed by atoms with E-state index < -0.39 is 0 Å². The van der Waals surface area contributed by atoms with Crippen molar-refractivity contribution in [3.63, 3.8) is 0 Å². The van der Waals surface area contributed by atoms with E-state index in [0.29, 0.717) is 6.54 Å². The Hall–Kier alpha value is -1.31. The van der Waals surface area contributed by atoms with Gasteiger partial charge in [0.05, 0.1) is 0 Å². The molecule has 1 aromatic carbocycles.